The zero-order valence-corrected chi connectivity index (χ0v) is 15.5. The van der Waals surface area contributed by atoms with Crippen molar-refractivity contribution in [1.29, 1.82) is 0 Å². The van der Waals surface area contributed by atoms with Crippen molar-refractivity contribution in [3.8, 4) is 0 Å². The molecule has 3 aromatic rings. The standard InChI is InChI=1S/C19H15BrFNO2S/c20-16-8-6-9-17(13-16)22(14-15-7-4-5-12-19(15)21)25(23,24)18-10-2-1-3-11-18/h1-13H,14H2. The summed E-state index contributed by atoms with van der Waals surface area (Å²) in [5.41, 5.74) is 0.767. The van der Waals surface area contributed by atoms with Crippen LogP contribution in [0.5, 0.6) is 0 Å². The van der Waals surface area contributed by atoms with E-state index in [1.807, 2.05) is 0 Å². The summed E-state index contributed by atoms with van der Waals surface area (Å²) in [5, 5.41) is 0. The maximum atomic E-state index is 14.1. The minimum Gasteiger partial charge on any atom is -0.262 e. The van der Waals surface area contributed by atoms with Gasteiger partial charge >= 0.3 is 0 Å². The van der Waals surface area contributed by atoms with Crippen LogP contribution in [0.15, 0.2) is 88.2 Å². The summed E-state index contributed by atoms with van der Waals surface area (Å²) in [7, 11) is -3.84. The van der Waals surface area contributed by atoms with Crippen molar-refractivity contribution in [2.45, 2.75) is 11.4 Å². The average molecular weight is 420 g/mol. The second-order valence-electron chi connectivity index (χ2n) is 5.40. The molecule has 3 aromatic carbocycles. The smallest absolute Gasteiger partial charge is 0.262 e. The first-order valence-corrected chi connectivity index (χ1v) is 9.78. The molecule has 0 aliphatic rings. The highest BCUT2D eigenvalue weighted by Crippen LogP contribution is 2.28. The van der Waals surface area contributed by atoms with Crippen molar-refractivity contribution < 1.29 is 12.8 Å². The van der Waals surface area contributed by atoms with Crippen LogP contribution in [0.25, 0.3) is 0 Å². The Hall–Kier alpha value is -2.18. The van der Waals surface area contributed by atoms with E-state index < -0.39 is 15.8 Å². The van der Waals surface area contributed by atoms with Crippen molar-refractivity contribution in [1.82, 2.24) is 0 Å². The summed E-state index contributed by atoms with van der Waals surface area (Å²) in [6, 6.07) is 21.2. The molecule has 0 heterocycles. The van der Waals surface area contributed by atoms with Crippen molar-refractivity contribution in [2.75, 3.05) is 4.31 Å². The van der Waals surface area contributed by atoms with E-state index in [1.165, 1.54) is 22.5 Å². The molecule has 6 heteroatoms. The minimum absolute atomic E-state index is 0.0969. The van der Waals surface area contributed by atoms with E-state index in [0.717, 1.165) is 4.47 Å². The average Bonchev–Trinajstić information content (AvgIpc) is 2.61. The molecule has 0 aromatic heterocycles. The summed E-state index contributed by atoms with van der Waals surface area (Å²) >= 11 is 3.36. The van der Waals surface area contributed by atoms with E-state index >= 15 is 0 Å². The van der Waals surface area contributed by atoms with Crippen LogP contribution in [-0.4, -0.2) is 8.42 Å². The summed E-state index contributed by atoms with van der Waals surface area (Å²) in [6.07, 6.45) is 0. The van der Waals surface area contributed by atoms with Crippen LogP contribution in [0.2, 0.25) is 0 Å². The second kappa shape index (κ2) is 7.37. The zero-order valence-electron chi connectivity index (χ0n) is 13.1. The van der Waals surface area contributed by atoms with Crippen LogP contribution in [0.4, 0.5) is 10.1 Å². The van der Waals surface area contributed by atoms with Gasteiger partial charge in [-0.25, -0.2) is 12.8 Å². The topological polar surface area (TPSA) is 37.4 Å². The molecular formula is C19H15BrFNO2S. The molecule has 0 unspecified atom stereocenters. The van der Waals surface area contributed by atoms with E-state index in [2.05, 4.69) is 15.9 Å². The Bertz CT molecular complexity index is 977. The van der Waals surface area contributed by atoms with E-state index in [1.54, 1.807) is 60.7 Å². The predicted molar refractivity (Wildman–Crippen MR) is 100 cm³/mol. The molecule has 3 rings (SSSR count). The maximum absolute atomic E-state index is 14.1. The molecule has 0 saturated heterocycles. The van der Waals surface area contributed by atoms with Crippen molar-refractivity contribution in [3.63, 3.8) is 0 Å². The lowest BCUT2D eigenvalue weighted by Crippen LogP contribution is -2.31. The first-order valence-electron chi connectivity index (χ1n) is 7.55. The SMILES string of the molecule is O=S(=O)(c1ccccc1)N(Cc1ccccc1F)c1cccc(Br)c1. The fourth-order valence-corrected chi connectivity index (χ4v) is 4.29. The lowest BCUT2D eigenvalue weighted by atomic mass is 10.2. The highest BCUT2D eigenvalue weighted by atomic mass is 79.9. The molecule has 25 heavy (non-hydrogen) atoms. The number of rotatable bonds is 5. The van der Waals surface area contributed by atoms with E-state index in [-0.39, 0.29) is 11.4 Å². The van der Waals surface area contributed by atoms with Crippen LogP contribution in [0, 0.1) is 5.82 Å². The fourth-order valence-electron chi connectivity index (χ4n) is 2.45. The lowest BCUT2D eigenvalue weighted by molar-refractivity contribution is 0.585. The third-order valence-electron chi connectivity index (χ3n) is 3.70. The molecule has 0 aliphatic heterocycles. The third kappa shape index (κ3) is 3.91. The van der Waals surface area contributed by atoms with Gasteiger partial charge in [-0.1, -0.05) is 58.4 Å². The van der Waals surface area contributed by atoms with Crippen LogP contribution in [0.3, 0.4) is 0 Å². The molecule has 3 nitrogen and oxygen atoms in total. The fraction of sp³-hybridized carbons (Fsp3) is 0.0526. The Kier molecular flexibility index (Phi) is 5.20. The Morgan fingerprint density at radius 3 is 2.24 bits per heavy atom. The first kappa shape index (κ1) is 17.6. The van der Waals surface area contributed by atoms with Gasteiger partial charge in [0.15, 0.2) is 0 Å². The number of hydrogen-bond acceptors (Lipinski definition) is 2. The summed E-state index contributed by atoms with van der Waals surface area (Å²) < 4.78 is 42.4. The van der Waals surface area contributed by atoms with Gasteiger partial charge in [0.25, 0.3) is 10.0 Å². The van der Waals surface area contributed by atoms with Crippen molar-refractivity contribution >= 4 is 31.6 Å². The van der Waals surface area contributed by atoms with Gasteiger partial charge in [0.05, 0.1) is 17.1 Å². The predicted octanol–water partition coefficient (Wildman–Crippen LogP) is 4.98. The van der Waals surface area contributed by atoms with Crippen LogP contribution in [-0.2, 0) is 16.6 Å². The molecule has 0 atom stereocenters. The number of halogens is 2. The highest BCUT2D eigenvalue weighted by molar-refractivity contribution is 9.10. The second-order valence-corrected chi connectivity index (χ2v) is 8.17. The Balaban J connectivity index is 2.11. The van der Waals surface area contributed by atoms with Gasteiger partial charge in [-0.3, -0.25) is 4.31 Å². The monoisotopic (exact) mass is 419 g/mol. The third-order valence-corrected chi connectivity index (χ3v) is 5.98. The van der Waals surface area contributed by atoms with Gasteiger partial charge in [-0.2, -0.15) is 0 Å². The molecule has 0 radical (unpaired) electrons. The molecule has 0 saturated carbocycles. The molecule has 0 amide bonds. The number of nitrogens with zero attached hydrogens (tertiary/aromatic N) is 1. The minimum atomic E-state index is -3.84. The summed E-state index contributed by atoms with van der Waals surface area (Å²) in [5.74, 6) is -0.439. The van der Waals surface area contributed by atoms with Crippen LogP contribution in [0.1, 0.15) is 5.56 Å². The van der Waals surface area contributed by atoms with Gasteiger partial charge < -0.3 is 0 Å². The number of benzene rings is 3. The van der Waals surface area contributed by atoms with Crippen molar-refractivity contribution in [3.05, 3.63) is 94.7 Å². The van der Waals surface area contributed by atoms with E-state index in [9.17, 15) is 12.8 Å². The number of sulfonamides is 1. The molecule has 0 bridgehead atoms. The Morgan fingerprint density at radius 1 is 0.880 bits per heavy atom. The Labute approximate surface area is 154 Å². The zero-order chi connectivity index (χ0) is 17.9. The van der Waals surface area contributed by atoms with Gasteiger partial charge in [0.2, 0.25) is 0 Å². The molecule has 0 spiro atoms. The van der Waals surface area contributed by atoms with Crippen molar-refractivity contribution in [2.24, 2.45) is 0 Å². The normalized spacial score (nSPS) is 11.3. The highest BCUT2D eigenvalue weighted by Gasteiger charge is 2.26. The van der Waals surface area contributed by atoms with Gasteiger partial charge in [-0.15, -0.1) is 0 Å². The lowest BCUT2D eigenvalue weighted by Gasteiger charge is -2.25. The molecule has 0 N–H and O–H groups in total. The molecule has 0 fully saturated rings. The van der Waals surface area contributed by atoms with Crippen LogP contribution >= 0.6 is 15.9 Å². The first-order chi connectivity index (χ1) is 12.0. The molecule has 128 valence electrons. The summed E-state index contributed by atoms with van der Waals surface area (Å²) in [4.78, 5) is 0.159. The molecular weight excluding hydrogens is 405 g/mol. The molecule has 0 aliphatic carbocycles. The summed E-state index contributed by atoms with van der Waals surface area (Å²) in [6.45, 7) is -0.0969. The quantitative estimate of drug-likeness (QED) is 0.584. The largest absolute Gasteiger partial charge is 0.264 e. The number of anilines is 1. The van der Waals surface area contributed by atoms with Gasteiger partial charge in [0.1, 0.15) is 5.82 Å². The van der Waals surface area contributed by atoms with Gasteiger partial charge in [-0.05, 0) is 36.4 Å². The van der Waals surface area contributed by atoms with E-state index in [4.69, 9.17) is 0 Å². The van der Waals surface area contributed by atoms with E-state index in [0.29, 0.717) is 11.3 Å². The van der Waals surface area contributed by atoms with Gasteiger partial charge in [0, 0.05) is 10.0 Å². The maximum Gasteiger partial charge on any atom is 0.264 e. The number of hydrogen-bond donors (Lipinski definition) is 0. The Morgan fingerprint density at radius 2 is 1.56 bits per heavy atom. The van der Waals surface area contributed by atoms with Crippen LogP contribution < -0.4 is 4.31 Å².